The van der Waals surface area contributed by atoms with Crippen LogP contribution in [0.5, 0.6) is 5.75 Å². The predicted molar refractivity (Wildman–Crippen MR) is 79.8 cm³/mol. The van der Waals surface area contributed by atoms with Crippen LogP contribution in [0.3, 0.4) is 0 Å². The molecule has 0 bridgehead atoms. The molecule has 0 amide bonds. The van der Waals surface area contributed by atoms with Crippen LogP contribution >= 0.6 is 0 Å². The molecule has 22 heavy (non-hydrogen) atoms. The Labute approximate surface area is 127 Å². The summed E-state index contributed by atoms with van der Waals surface area (Å²) in [5.41, 5.74) is 1.87. The molecule has 0 fully saturated rings. The lowest BCUT2D eigenvalue weighted by atomic mass is 10.1. The minimum atomic E-state index is -0.432. The van der Waals surface area contributed by atoms with Crippen LogP contribution in [-0.2, 0) is 4.74 Å². The zero-order valence-corrected chi connectivity index (χ0v) is 12.3. The van der Waals surface area contributed by atoms with Crippen molar-refractivity contribution in [3.8, 4) is 5.75 Å². The van der Waals surface area contributed by atoms with Crippen molar-refractivity contribution in [2.75, 3.05) is 7.11 Å². The van der Waals surface area contributed by atoms with Gasteiger partial charge >= 0.3 is 5.97 Å². The first-order chi connectivity index (χ1) is 10.7. The van der Waals surface area contributed by atoms with Gasteiger partial charge in [-0.2, -0.15) is 5.10 Å². The number of benzene rings is 1. The smallest absolute Gasteiger partial charge is 0.342 e. The maximum atomic E-state index is 12.3. The first-order valence-corrected chi connectivity index (χ1v) is 6.81. The molecule has 1 aromatic carbocycles. The molecule has 0 saturated heterocycles. The Morgan fingerprint density at radius 1 is 1.32 bits per heavy atom. The van der Waals surface area contributed by atoms with Gasteiger partial charge in [0, 0.05) is 12.4 Å². The standard InChI is InChI=1S/C16H15N3O3/c1-11(12-4-3-5-13(8-12)21-2)22-16(20)14-9-18-19-7-6-17-10-15(14)19/h3-11H,1-2H3/t11-/m0/s1. The number of hydrogen-bond acceptors (Lipinski definition) is 5. The fourth-order valence-electron chi connectivity index (χ4n) is 2.18. The summed E-state index contributed by atoms with van der Waals surface area (Å²) in [6.07, 6.45) is 5.96. The maximum absolute atomic E-state index is 12.3. The monoisotopic (exact) mass is 297 g/mol. The summed E-state index contributed by atoms with van der Waals surface area (Å²) in [7, 11) is 1.60. The molecule has 0 spiro atoms. The zero-order chi connectivity index (χ0) is 15.5. The van der Waals surface area contributed by atoms with E-state index in [0.717, 1.165) is 11.3 Å². The second-order valence-electron chi connectivity index (χ2n) is 4.79. The molecule has 6 heteroatoms. The SMILES string of the molecule is COc1cccc([C@H](C)OC(=O)c2cnn3ccncc23)c1. The number of aromatic nitrogens is 3. The van der Waals surface area contributed by atoms with Gasteiger partial charge in [-0.3, -0.25) is 4.98 Å². The second kappa shape index (κ2) is 5.85. The van der Waals surface area contributed by atoms with Crippen LogP contribution in [-0.4, -0.2) is 27.7 Å². The van der Waals surface area contributed by atoms with Gasteiger partial charge in [0.1, 0.15) is 17.4 Å². The second-order valence-corrected chi connectivity index (χ2v) is 4.79. The lowest BCUT2D eigenvalue weighted by molar-refractivity contribution is 0.0339. The third-order valence-electron chi connectivity index (χ3n) is 3.39. The third kappa shape index (κ3) is 2.63. The molecule has 6 nitrogen and oxygen atoms in total. The van der Waals surface area contributed by atoms with Gasteiger partial charge in [-0.25, -0.2) is 9.31 Å². The Morgan fingerprint density at radius 2 is 2.18 bits per heavy atom. The van der Waals surface area contributed by atoms with Gasteiger partial charge in [0.05, 0.1) is 25.0 Å². The van der Waals surface area contributed by atoms with Crippen molar-refractivity contribution in [2.24, 2.45) is 0 Å². The van der Waals surface area contributed by atoms with Gasteiger partial charge in [0.25, 0.3) is 0 Å². The minimum Gasteiger partial charge on any atom is -0.497 e. The van der Waals surface area contributed by atoms with E-state index in [-0.39, 0.29) is 0 Å². The van der Waals surface area contributed by atoms with E-state index >= 15 is 0 Å². The molecule has 0 unspecified atom stereocenters. The number of ether oxygens (including phenoxy) is 2. The first-order valence-electron chi connectivity index (χ1n) is 6.81. The fourth-order valence-corrected chi connectivity index (χ4v) is 2.18. The van der Waals surface area contributed by atoms with Gasteiger partial charge in [-0.1, -0.05) is 12.1 Å². The number of fused-ring (bicyclic) bond motifs is 1. The van der Waals surface area contributed by atoms with Crippen molar-refractivity contribution in [2.45, 2.75) is 13.0 Å². The van der Waals surface area contributed by atoms with Gasteiger partial charge in [-0.05, 0) is 24.6 Å². The number of rotatable bonds is 4. The minimum absolute atomic E-state index is 0.392. The zero-order valence-electron chi connectivity index (χ0n) is 12.3. The Kier molecular flexibility index (Phi) is 3.74. The van der Waals surface area contributed by atoms with E-state index in [9.17, 15) is 4.79 Å². The number of hydrogen-bond donors (Lipinski definition) is 0. The average Bonchev–Trinajstić information content (AvgIpc) is 2.99. The molecule has 0 aliphatic rings. The summed E-state index contributed by atoms with van der Waals surface area (Å²) in [5, 5.41) is 4.10. The number of methoxy groups -OCH3 is 1. The lowest BCUT2D eigenvalue weighted by Gasteiger charge is -2.14. The Bertz CT molecular complexity index is 813. The largest absolute Gasteiger partial charge is 0.497 e. The normalized spacial score (nSPS) is 12.1. The van der Waals surface area contributed by atoms with E-state index in [1.807, 2.05) is 31.2 Å². The van der Waals surface area contributed by atoms with Crippen molar-refractivity contribution in [1.82, 2.24) is 14.6 Å². The lowest BCUT2D eigenvalue weighted by Crippen LogP contribution is -2.09. The molecule has 112 valence electrons. The summed E-state index contributed by atoms with van der Waals surface area (Å²) >= 11 is 0. The number of nitrogens with zero attached hydrogens (tertiary/aromatic N) is 3. The maximum Gasteiger partial charge on any atom is 0.342 e. The van der Waals surface area contributed by atoms with E-state index in [2.05, 4.69) is 10.1 Å². The number of esters is 1. The fraction of sp³-hybridized carbons (Fsp3) is 0.188. The molecule has 0 saturated carbocycles. The van der Waals surface area contributed by atoms with Crippen LogP contribution in [0.1, 0.15) is 28.9 Å². The van der Waals surface area contributed by atoms with Crippen molar-refractivity contribution in [3.05, 3.63) is 60.2 Å². The van der Waals surface area contributed by atoms with E-state index in [4.69, 9.17) is 9.47 Å². The summed E-state index contributed by atoms with van der Waals surface area (Å²) in [4.78, 5) is 16.3. The highest BCUT2D eigenvalue weighted by atomic mass is 16.5. The average molecular weight is 297 g/mol. The van der Waals surface area contributed by atoms with E-state index < -0.39 is 12.1 Å². The topological polar surface area (TPSA) is 65.7 Å². The summed E-state index contributed by atoms with van der Waals surface area (Å²) in [6, 6.07) is 7.43. The molecule has 0 aliphatic heterocycles. The van der Waals surface area contributed by atoms with Crippen molar-refractivity contribution < 1.29 is 14.3 Å². The molecular weight excluding hydrogens is 282 g/mol. The van der Waals surface area contributed by atoms with E-state index in [1.54, 1.807) is 30.2 Å². The highest BCUT2D eigenvalue weighted by Gasteiger charge is 2.18. The van der Waals surface area contributed by atoms with Crippen LogP contribution in [0, 0.1) is 0 Å². The van der Waals surface area contributed by atoms with Crippen LogP contribution in [0.15, 0.2) is 49.1 Å². The number of carbonyl (C=O) groups excluding carboxylic acids is 1. The first kappa shape index (κ1) is 14.1. The molecule has 1 atom stereocenters. The Morgan fingerprint density at radius 3 is 3.00 bits per heavy atom. The molecule has 0 radical (unpaired) electrons. The van der Waals surface area contributed by atoms with Gasteiger partial charge in [0.2, 0.25) is 0 Å². The van der Waals surface area contributed by atoms with Crippen LogP contribution in [0.2, 0.25) is 0 Å². The van der Waals surface area contributed by atoms with Crippen LogP contribution in [0.25, 0.3) is 5.52 Å². The molecule has 2 heterocycles. The Hall–Kier alpha value is -2.89. The molecule has 3 rings (SSSR count). The van der Waals surface area contributed by atoms with Crippen LogP contribution in [0.4, 0.5) is 0 Å². The van der Waals surface area contributed by atoms with Crippen LogP contribution < -0.4 is 4.74 Å². The summed E-state index contributed by atoms with van der Waals surface area (Å²) < 4.78 is 12.3. The van der Waals surface area contributed by atoms with Gasteiger partial charge in [-0.15, -0.1) is 0 Å². The number of carbonyl (C=O) groups is 1. The third-order valence-corrected chi connectivity index (χ3v) is 3.39. The van der Waals surface area contributed by atoms with E-state index in [0.29, 0.717) is 11.1 Å². The highest BCUT2D eigenvalue weighted by Crippen LogP contribution is 2.23. The van der Waals surface area contributed by atoms with Crippen molar-refractivity contribution >= 4 is 11.5 Å². The molecule has 0 aliphatic carbocycles. The quantitative estimate of drug-likeness (QED) is 0.693. The molecular formula is C16H15N3O3. The van der Waals surface area contributed by atoms with Gasteiger partial charge in [0.15, 0.2) is 0 Å². The molecule has 2 aromatic heterocycles. The van der Waals surface area contributed by atoms with E-state index in [1.165, 1.54) is 6.20 Å². The van der Waals surface area contributed by atoms with Crippen molar-refractivity contribution in [3.63, 3.8) is 0 Å². The molecule has 0 N–H and O–H groups in total. The van der Waals surface area contributed by atoms with Crippen molar-refractivity contribution in [1.29, 1.82) is 0 Å². The molecule has 3 aromatic rings. The summed E-state index contributed by atoms with van der Waals surface area (Å²) in [5.74, 6) is 0.291. The van der Waals surface area contributed by atoms with Gasteiger partial charge < -0.3 is 9.47 Å². The predicted octanol–water partition coefficient (Wildman–Crippen LogP) is 2.66. The Balaban J connectivity index is 1.81. The summed E-state index contributed by atoms with van der Waals surface area (Å²) in [6.45, 7) is 1.82. The highest BCUT2D eigenvalue weighted by molar-refractivity contribution is 5.96.